The Balaban J connectivity index is 1.64. The highest BCUT2D eigenvalue weighted by Crippen LogP contribution is 2.77. The van der Waals surface area contributed by atoms with Crippen molar-refractivity contribution >= 4 is 17.5 Å². The summed E-state index contributed by atoms with van der Waals surface area (Å²) in [5, 5.41) is 0. The minimum Gasteiger partial charge on any atom is -0.274 e. The van der Waals surface area contributed by atoms with Gasteiger partial charge in [0.1, 0.15) is 5.41 Å². The van der Waals surface area contributed by atoms with Crippen LogP contribution in [-0.4, -0.2) is 11.8 Å². The molecule has 1 saturated heterocycles. The molecule has 2 amide bonds. The van der Waals surface area contributed by atoms with E-state index in [4.69, 9.17) is 0 Å². The first kappa shape index (κ1) is 20.6. The smallest absolute Gasteiger partial charge is 0.246 e. The fourth-order valence-corrected chi connectivity index (χ4v) is 6.17. The Hall–Kier alpha value is -3.98. The van der Waals surface area contributed by atoms with Crippen molar-refractivity contribution in [3.63, 3.8) is 0 Å². The molecular formula is C31H25NO2. The Bertz CT molecular complexity index is 1350. The Labute approximate surface area is 199 Å². The molecule has 0 spiro atoms. The lowest BCUT2D eigenvalue weighted by Crippen LogP contribution is -2.44. The fourth-order valence-electron chi connectivity index (χ4n) is 6.17. The second-order valence-electron chi connectivity index (χ2n) is 9.46. The van der Waals surface area contributed by atoms with Crippen LogP contribution < -0.4 is 4.90 Å². The third-order valence-corrected chi connectivity index (χ3v) is 7.67. The first-order valence-electron chi connectivity index (χ1n) is 11.7. The molecule has 4 aromatic carbocycles. The molecule has 166 valence electrons. The van der Waals surface area contributed by atoms with Crippen LogP contribution in [0, 0.1) is 19.8 Å². The molecule has 0 bridgehead atoms. The molecule has 2 atom stereocenters. The third-order valence-electron chi connectivity index (χ3n) is 7.67. The van der Waals surface area contributed by atoms with Gasteiger partial charge in [0.15, 0.2) is 0 Å². The van der Waals surface area contributed by atoms with Gasteiger partial charge in [-0.05, 0) is 42.7 Å². The van der Waals surface area contributed by atoms with Crippen LogP contribution in [0.5, 0.6) is 0 Å². The SMILES string of the molecule is Cc1ccc(N2C(=O)C3C(c4ccc(C)cc4)(C2=O)C3(c2ccccc2)c2ccccc2)cc1. The van der Waals surface area contributed by atoms with Crippen LogP contribution in [0.1, 0.15) is 27.8 Å². The number of rotatable bonds is 4. The van der Waals surface area contributed by atoms with E-state index in [1.807, 2.05) is 98.8 Å². The van der Waals surface area contributed by atoms with Gasteiger partial charge in [-0.2, -0.15) is 0 Å². The van der Waals surface area contributed by atoms with Crippen LogP contribution >= 0.6 is 0 Å². The van der Waals surface area contributed by atoms with Crippen LogP contribution in [0.3, 0.4) is 0 Å². The lowest BCUT2D eigenvalue weighted by Gasteiger charge is -2.31. The normalized spacial score (nSPS) is 22.5. The number of piperidine rings is 1. The molecule has 1 aliphatic carbocycles. The molecule has 2 unspecified atom stereocenters. The van der Waals surface area contributed by atoms with Gasteiger partial charge in [-0.3, -0.25) is 9.59 Å². The molecule has 0 aromatic heterocycles. The van der Waals surface area contributed by atoms with E-state index in [9.17, 15) is 9.59 Å². The number of imide groups is 1. The summed E-state index contributed by atoms with van der Waals surface area (Å²) in [5.41, 5.74) is 3.98. The molecule has 34 heavy (non-hydrogen) atoms. The number of aryl methyl sites for hydroxylation is 2. The molecular weight excluding hydrogens is 418 g/mol. The van der Waals surface area contributed by atoms with Gasteiger partial charge in [0.2, 0.25) is 11.8 Å². The van der Waals surface area contributed by atoms with Crippen molar-refractivity contribution in [1.29, 1.82) is 0 Å². The molecule has 0 radical (unpaired) electrons. The summed E-state index contributed by atoms with van der Waals surface area (Å²) < 4.78 is 0. The maximum atomic E-state index is 14.5. The number of benzene rings is 4. The summed E-state index contributed by atoms with van der Waals surface area (Å²) >= 11 is 0. The van der Waals surface area contributed by atoms with Crippen molar-refractivity contribution in [3.05, 3.63) is 137 Å². The van der Waals surface area contributed by atoms with Gasteiger partial charge in [0.05, 0.1) is 17.0 Å². The quantitative estimate of drug-likeness (QED) is 0.378. The van der Waals surface area contributed by atoms with Crippen LogP contribution in [0.15, 0.2) is 109 Å². The van der Waals surface area contributed by atoms with E-state index < -0.39 is 16.7 Å². The predicted molar refractivity (Wildman–Crippen MR) is 134 cm³/mol. The van der Waals surface area contributed by atoms with Gasteiger partial charge in [-0.15, -0.1) is 0 Å². The van der Waals surface area contributed by atoms with E-state index in [1.165, 1.54) is 4.90 Å². The highest BCUT2D eigenvalue weighted by molar-refractivity contribution is 6.32. The largest absolute Gasteiger partial charge is 0.274 e. The first-order chi connectivity index (χ1) is 16.5. The van der Waals surface area contributed by atoms with Gasteiger partial charge >= 0.3 is 0 Å². The lowest BCUT2D eigenvalue weighted by molar-refractivity contribution is -0.124. The van der Waals surface area contributed by atoms with Gasteiger partial charge in [-0.1, -0.05) is 108 Å². The van der Waals surface area contributed by atoms with Gasteiger partial charge in [0.25, 0.3) is 0 Å². The van der Waals surface area contributed by atoms with E-state index in [2.05, 4.69) is 24.3 Å². The number of carbonyl (C=O) groups is 2. The van der Waals surface area contributed by atoms with Crippen LogP contribution in [0.2, 0.25) is 0 Å². The molecule has 1 heterocycles. The molecule has 2 fully saturated rings. The summed E-state index contributed by atoms with van der Waals surface area (Å²) in [5.74, 6) is -0.800. The zero-order chi connectivity index (χ0) is 23.5. The zero-order valence-corrected chi connectivity index (χ0v) is 19.2. The van der Waals surface area contributed by atoms with Crippen molar-refractivity contribution in [2.45, 2.75) is 24.7 Å². The molecule has 1 aliphatic heterocycles. The van der Waals surface area contributed by atoms with Crippen LogP contribution in [0.25, 0.3) is 0 Å². The summed E-state index contributed by atoms with van der Waals surface area (Å²) in [6, 6.07) is 35.9. The summed E-state index contributed by atoms with van der Waals surface area (Å²) in [4.78, 5) is 30.1. The Kier molecular flexibility index (Phi) is 4.40. The summed E-state index contributed by atoms with van der Waals surface area (Å²) in [6.07, 6.45) is 0. The van der Waals surface area contributed by atoms with Crippen molar-refractivity contribution < 1.29 is 9.59 Å². The minimum absolute atomic E-state index is 0.137. The Morgan fingerprint density at radius 3 is 1.50 bits per heavy atom. The predicted octanol–water partition coefficient (Wildman–Crippen LogP) is 5.73. The summed E-state index contributed by atoms with van der Waals surface area (Å²) in [6.45, 7) is 4.03. The highest BCUT2D eigenvalue weighted by Gasteiger charge is 2.89. The average Bonchev–Trinajstić information content (AvgIpc) is 3.46. The fraction of sp³-hybridized carbons (Fsp3) is 0.161. The maximum Gasteiger partial charge on any atom is 0.246 e. The van der Waals surface area contributed by atoms with E-state index in [1.54, 1.807) is 0 Å². The van der Waals surface area contributed by atoms with E-state index in [0.29, 0.717) is 5.69 Å². The summed E-state index contributed by atoms with van der Waals surface area (Å²) in [7, 11) is 0. The number of fused-ring (bicyclic) bond motifs is 1. The second kappa shape index (κ2) is 7.26. The number of amides is 2. The van der Waals surface area contributed by atoms with Gasteiger partial charge < -0.3 is 0 Å². The number of nitrogens with zero attached hydrogens (tertiary/aromatic N) is 1. The molecule has 3 heteroatoms. The standard InChI is InChI=1S/C31H25NO2/c1-21-13-17-25(18-14-21)31-27(28(33)32(29(31)34)26-19-15-22(2)16-20-26)30(31,23-9-5-3-6-10-23)24-11-7-4-8-12-24/h3-20,27H,1-2H3. The van der Waals surface area contributed by atoms with Crippen molar-refractivity contribution in [1.82, 2.24) is 0 Å². The maximum absolute atomic E-state index is 14.5. The lowest BCUT2D eigenvalue weighted by atomic mass is 9.75. The first-order valence-corrected chi connectivity index (χ1v) is 11.7. The number of hydrogen-bond donors (Lipinski definition) is 0. The molecule has 1 saturated carbocycles. The average molecular weight is 444 g/mol. The Morgan fingerprint density at radius 1 is 0.559 bits per heavy atom. The van der Waals surface area contributed by atoms with Gasteiger partial charge in [-0.25, -0.2) is 4.90 Å². The molecule has 2 aliphatic rings. The molecule has 3 nitrogen and oxygen atoms in total. The second-order valence-corrected chi connectivity index (χ2v) is 9.46. The Morgan fingerprint density at radius 2 is 1.00 bits per heavy atom. The van der Waals surface area contributed by atoms with Crippen molar-refractivity contribution in [2.24, 2.45) is 5.92 Å². The van der Waals surface area contributed by atoms with Crippen molar-refractivity contribution in [2.75, 3.05) is 4.90 Å². The molecule has 4 aromatic rings. The van der Waals surface area contributed by atoms with E-state index in [0.717, 1.165) is 27.8 Å². The van der Waals surface area contributed by atoms with E-state index >= 15 is 0 Å². The monoisotopic (exact) mass is 443 g/mol. The number of hydrogen-bond acceptors (Lipinski definition) is 2. The molecule has 0 N–H and O–H groups in total. The zero-order valence-electron chi connectivity index (χ0n) is 19.2. The van der Waals surface area contributed by atoms with Crippen LogP contribution in [-0.2, 0) is 20.4 Å². The number of carbonyl (C=O) groups excluding carboxylic acids is 2. The van der Waals surface area contributed by atoms with Crippen LogP contribution in [0.4, 0.5) is 5.69 Å². The van der Waals surface area contributed by atoms with E-state index in [-0.39, 0.29) is 11.8 Å². The van der Waals surface area contributed by atoms with Crippen molar-refractivity contribution in [3.8, 4) is 0 Å². The van der Waals surface area contributed by atoms with Gasteiger partial charge in [0, 0.05) is 0 Å². The minimum atomic E-state index is -0.995. The number of anilines is 1. The topological polar surface area (TPSA) is 37.4 Å². The highest BCUT2D eigenvalue weighted by atomic mass is 16.2. The molecule has 6 rings (SSSR count). The third kappa shape index (κ3) is 2.47.